The van der Waals surface area contributed by atoms with E-state index in [1.807, 2.05) is 11.3 Å². The molecule has 12 rings (SSSR count). The molecule has 0 amide bonds. The maximum Gasteiger partial charge on any atom is 0.195 e. The van der Waals surface area contributed by atoms with E-state index >= 15 is 0 Å². The second-order valence-electron chi connectivity index (χ2n) is 13.6. The molecule has 0 saturated heterocycles. The van der Waals surface area contributed by atoms with E-state index in [4.69, 9.17) is 4.98 Å². The van der Waals surface area contributed by atoms with E-state index in [1.165, 1.54) is 101 Å². The zero-order valence-electron chi connectivity index (χ0n) is 27.8. The van der Waals surface area contributed by atoms with Crippen molar-refractivity contribution < 1.29 is 0 Å². The fourth-order valence-electron chi connectivity index (χ4n) is 8.79. The SMILES string of the molecule is C1=Cc2c(sc3nc4ccccc4n23)C(c2ccc3c(c2)c2cccc4c2-c2c(cccc2c2ccccc23)c2ccccc2c2ccccc42)=I1. The van der Waals surface area contributed by atoms with Gasteiger partial charge in [-0.3, -0.25) is 4.40 Å². The van der Waals surface area contributed by atoms with Gasteiger partial charge in [0.2, 0.25) is 0 Å². The molecule has 0 N–H and O–H groups in total. The van der Waals surface area contributed by atoms with Gasteiger partial charge in [0.25, 0.3) is 0 Å². The lowest BCUT2D eigenvalue weighted by molar-refractivity contribution is 1.25. The van der Waals surface area contributed by atoms with Crippen LogP contribution in [0.1, 0.15) is 16.1 Å². The highest BCUT2D eigenvalue weighted by atomic mass is 127. The Morgan fingerprint density at radius 3 is 1.54 bits per heavy atom. The molecule has 2 aromatic heterocycles. The summed E-state index contributed by atoms with van der Waals surface area (Å²) in [5.74, 6) is 0. The van der Waals surface area contributed by atoms with Gasteiger partial charge in [-0.25, -0.2) is 4.98 Å². The van der Waals surface area contributed by atoms with Crippen molar-refractivity contribution in [3.8, 4) is 11.1 Å². The van der Waals surface area contributed by atoms with Crippen LogP contribution in [-0.2, 0) is 0 Å². The Bertz CT molecular complexity index is 3420. The second kappa shape index (κ2) is 10.9. The summed E-state index contributed by atoms with van der Waals surface area (Å²) in [5, 5.41) is 15.3. The van der Waals surface area contributed by atoms with E-state index < -0.39 is 0 Å². The van der Waals surface area contributed by atoms with E-state index in [-0.39, 0.29) is 20.7 Å². The highest BCUT2D eigenvalue weighted by Crippen LogP contribution is 2.47. The lowest BCUT2D eigenvalue weighted by atomic mass is 9.83. The molecule has 4 heteroatoms. The summed E-state index contributed by atoms with van der Waals surface area (Å²) in [6, 6.07) is 56.6. The second-order valence-corrected chi connectivity index (χ2v) is 17.0. The number of para-hydroxylation sites is 2. The molecule has 3 aliphatic rings. The Kier molecular flexibility index (Phi) is 6.07. The van der Waals surface area contributed by atoms with Crippen LogP contribution in [-0.4, -0.2) is 12.9 Å². The predicted molar refractivity (Wildman–Crippen MR) is 234 cm³/mol. The smallest absolute Gasteiger partial charge is 0.195 e. The van der Waals surface area contributed by atoms with Crippen LogP contribution in [0.15, 0.2) is 156 Å². The van der Waals surface area contributed by atoms with Crippen molar-refractivity contribution in [3.63, 3.8) is 0 Å². The molecule has 2 aliphatic carbocycles. The minimum absolute atomic E-state index is 0.340. The zero-order valence-corrected chi connectivity index (χ0v) is 30.7. The number of halogens is 1. The van der Waals surface area contributed by atoms with Crippen molar-refractivity contribution in [2.24, 2.45) is 0 Å². The van der Waals surface area contributed by atoms with Crippen molar-refractivity contribution in [3.05, 3.63) is 172 Å². The van der Waals surface area contributed by atoms with Gasteiger partial charge in [-0.15, -0.1) is 0 Å². The van der Waals surface area contributed by atoms with Crippen molar-refractivity contribution in [2.75, 3.05) is 0 Å². The molecular formula is C48H27IN2S. The first-order chi connectivity index (χ1) is 25.8. The number of hydrogen-bond donors (Lipinski definition) is 0. The molecule has 0 fully saturated rings. The van der Waals surface area contributed by atoms with E-state index in [9.17, 15) is 0 Å². The molecule has 242 valence electrons. The highest BCUT2D eigenvalue weighted by Gasteiger charge is 2.23. The van der Waals surface area contributed by atoms with Crippen molar-refractivity contribution in [1.29, 1.82) is 0 Å². The summed E-state index contributed by atoms with van der Waals surface area (Å²) in [6.45, 7) is 0. The Hall–Kier alpha value is -5.69. The molecule has 0 saturated carbocycles. The fourth-order valence-corrected chi connectivity index (χ4v) is 12.6. The van der Waals surface area contributed by atoms with Gasteiger partial charge in [-0.05, 0) is 110 Å². The average Bonchev–Trinajstić information content (AvgIpc) is 3.76. The lowest BCUT2D eigenvalue weighted by Crippen LogP contribution is -2.03. The summed E-state index contributed by atoms with van der Waals surface area (Å²) in [6.07, 6.45) is 2.33. The third-order valence-corrected chi connectivity index (χ3v) is 14.9. The first kappa shape index (κ1) is 28.9. The minimum Gasteiger partial charge on any atom is -0.283 e. The van der Waals surface area contributed by atoms with Crippen LogP contribution in [0.25, 0.3) is 97.8 Å². The first-order valence-electron chi connectivity index (χ1n) is 17.6. The number of thiazole rings is 1. The number of aromatic nitrogens is 2. The van der Waals surface area contributed by atoms with Gasteiger partial charge in [0.05, 0.1) is 21.6 Å². The normalized spacial score (nSPS) is 13.2. The molecule has 0 bridgehead atoms. The molecule has 3 heterocycles. The largest absolute Gasteiger partial charge is 0.283 e. The minimum atomic E-state index is -0.340. The maximum atomic E-state index is 5.04. The van der Waals surface area contributed by atoms with E-state index in [0.29, 0.717) is 0 Å². The molecule has 0 radical (unpaired) electrons. The Balaban J connectivity index is 1.28. The van der Waals surface area contributed by atoms with Gasteiger partial charge in [-0.1, -0.05) is 166 Å². The number of nitrogens with zero attached hydrogens (tertiary/aromatic N) is 2. The molecule has 0 spiro atoms. The van der Waals surface area contributed by atoms with Crippen LogP contribution in [0.5, 0.6) is 0 Å². The third kappa shape index (κ3) is 3.94. The number of rotatable bonds is 1. The van der Waals surface area contributed by atoms with E-state index in [1.54, 1.807) is 0 Å². The molecule has 0 unspecified atom stereocenters. The Morgan fingerprint density at radius 2 is 0.942 bits per heavy atom. The molecule has 7 aromatic carbocycles. The van der Waals surface area contributed by atoms with Gasteiger partial charge in [-0.2, -0.15) is 0 Å². The molecule has 2 nitrogen and oxygen atoms in total. The topological polar surface area (TPSA) is 17.3 Å². The molecule has 9 aromatic rings. The Morgan fingerprint density at radius 1 is 0.462 bits per heavy atom. The Labute approximate surface area is 312 Å². The van der Waals surface area contributed by atoms with Gasteiger partial charge >= 0.3 is 0 Å². The number of benzene rings is 7. The number of imidazole rings is 1. The molecule has 1 aliphatic heterocycles. The summed E-state index contributed by atoms with van der Waals surface area (Å²) < 4.78 is 6.25. The van der Waals surface area contributed by atoms with Gasteiger partial charge < -0.3 is 0 Å². The van der Waals surface area contributed by atoms with Crippen LogP contribution in [0.3, 0.4) is 0 Å². The number of fused-ring (bicyclic) bond motifs is 15. The van der Waals surface area contributed by atoms with Crippen molar-refractivity contribution in [2.45, 2.75) is 0 Å². The average molecular weight is 791 g/mol. The molecule has 0 atom stereocenters. The van der Waals surface area contributed by atoms with Crippen LogP contribution < -0.4 is 0 Å². The predicted octanol–water partition coefficient (Wildman–Crippen LogP) is 13.7. The number of hydrogen-bond acceptors (Lipinski definition) is 2. The summed E-state index contributed by atoms with van der Waals surface area (Å²) in [5.41, 5.74) is 7.42. The van der Waals surface area contributed by atoms with Crippen LogP contribution in [0.2, 0.25) is 0 Å². The molecule has 52 heavy (non-hydrogen) atoms. The first-order valence-corrected chi connectivity index (χ1v) is 20.7. The maximum absolute atomic E-state index is 5.04. The van der Waals surface area contributed by atoms with Gasteiger partial charge in [0.15, 0.2) is 4.96 Å². The standard InChI is InChI=1S/C48H27IN2S/c1-4-14-32-29(11-1)30-12-2-5-15-33(30)38-19-10-20-39-40-27-28(46-47-43(25-26-49-46)51-42-22-8-7-21-41(42)50-48(51)52-47)23-24-35(40)31-13-3-6-16-34(31)37-18-9-17-36(32)44(37)45(38)39/h1-27H. The lowest BCUT2D eigenvalue weighted by Gasteiger charge is -2.20. The molecular weight excluding hydrogens is 764 g/mol. The monoisotopic (exact) mass is 790 g/mol. The van der Waals surface area contributed by atoms with Crippen molar-refractivity contribution >= 4 is 122 Å². The highest BCUT2D eigenvalue weighted by molar-refractivity contribution is 14.2. The third-order valence-electron chi connectivity index (χ3n) is 11.0. The zero-order chi connectivity index (χ0) is 33.9. The summed E-state index contributed by atoms with van der Waals surface area (Å²) >= 11 is 1.49. The summed E-state index contributed by atoms with van der Waals surface area (Å²) in [4.78, 5) is 7.46. The van der Waals surface area contributed by atoms with Crippen LogP contribution >= 0.6 is 32.1 Å². The van der Waals surface area contributed by atoms with Crippen LogP contribution in [0, 0.1) is 0 Å². The van der Waals surface area contributed by atoms with Gasteiger partial charge in [0, 0.05) is 3.51 Å². The summed E-state index contributed by atoms with van der Waals surface area (Å²) in [7, 11) is 0. The quantitative estimate of drug-likeness (QED) is 0.151. The van der Waals surface area contributed by atoms with Crippen molar-refractivity contribution in [1.82, 2.24) is 9.38 Å². The van der Waals surface area contributed by atoms with Gasteiger partial charge in [0.1, 0.15) is 0 Å². The van der Waals surface area contributed by atoms with Crippen LogP contribution in [0.4, 0.5) is 0 Å². The van der Waals surface area contributed by atoms with E-state index in [0.717, 1.165) is 10.5 Å². The fraction of sp³-hybridized carbons (Fsp3) is 0. The van der Waals surface area contributed by atoms with E-state index in [2.05, 4.69) is 166 Å².